The lowest BCUT2D eigenvalue weighted by Gasteiger charge is -2.16. The lowest BCUT2D eigenvalue weighted by atomic mass is 9.99. The van der Waals surface area contributed by atoms with Crippen molar-refractivity contribution in [3.05, 3.63) is 121 Å². The third-order valence-corrected chi connectivity index (χ3v) is 7.60. The summed E-state index contributed by atoms with van der Waals surface area (Å²) in [5.41, 5.74) is 2.82. The number of hydrogen-bond donors (Lipinski definition) is 2. The Bertz CT molecular complexity index is 1970. The minimum Gasteiger partial charge on any atom is -0.438 e. The molecule has 4 aromatic carbocycles. The maximum Gasteiger partial charge on any atom is 0.240 e. The highest BCUT2D eigenvalue weighted by Gasteiger charge is 2.56. The van der Waals surface area contributed by atoms with E-state index in [0.717, 1.165) is 16.7 Å². The van der Waals surface area contributed by atoms with E-state index in [0.29, 0.717) is 52.7 Å². The molecular weight excluding hydrogens is 559 g/mol. The van der Waals surface area contributed by atoms with Crippen LogP contribution in [0, 0.1) is 11.2 Å². The highest BCUT2D eigenvalue weighted by Crippen LogP contribution is 2.48. The van der Waals surface area contributed by atoms with Crippen LogP contribution in [0.5, 0.6) is 11.6 Å². The predicted molar refractivity (Wildman–Crippen MR) is 165 cm³/mol. The normalized spacial score (nSPS) is 13.3. The van der Waals surface area contributed by atoms with E-state index in [2.05, 4.69) is 20.6 Å². The Morgan fingerprint density at radius 1 is 0.727 bits per heavy atom. The number of carbonyl (C=O) groups is 2. The highest BCUT2D eigenvalue weighted by molar-refractivity contribution is 6.17. The summed E-state index contributed by atoms with van der Waals surface area (Å²) < 4.78 is 25.7. The van der Waals surface area contributed by atoms with Gasteiger partial charge in [-0.15, -0.1) is 0 Å². The van der Waals surface area contributed by atoms with Crippen molar-refractivity contribution in [2.45, 2.75) is 12.8 Å². The van der Waals surface area contributed by atoms with E-state index in [4.69, 9.17) is 9.15 Å². The Morgan fingerprint density at radius 3 is 1.89 bits per heavy atom. The second kappa shape index (κ2) is 11.1. The number of nitrogens with one attached hydrogen (secondary N) is 2. The van der Waals surface area contributed by atoms with Crippen LogP contribution in [0.2, 0.25) is 0 Å². The Hall–Kier alpha value is -5.83. The Labute approximate surface area is 251 Å². The molecule has 1 fully saturated rings. The SMILES string of the molecule is O=C(Nc1ccc(F)cc1)C1(C(=O)Nc2ccc(Oc3ncnc4oc(-c5ccccc5)c(-c5ccccc5)c34)cc2)CC1. The number of benzene rings is 4. The van der Waals surface area contributed by atoms with Crippen LogP contribution in [-0.2, 0) is 9.59 Å². The highest BCUT2D eigenvalue weighted by atomic mass is 19.1. The maximum atomic E-state index is 13.2. The number of furan rings is 1. The van der Waals surface area contributed by atoms with Crippen LogP contribution in [0.25, 0.3) is 33.6 Å². The molecule has 2 N–H and O–H groups in total. The number of anilines is 2. The van der Waals surface area contributed by atoms with Crippen molar-refractivity contribution in [3.63, 3.8) is 0 Å². The number of aromatic nitrogens is 2. The fraction of sp³-hybridized carbons (Fsp3) is 0.0857. The second-order valence-electron chi connectivity index (χ2n) is 10.5. The Morgan fingerprint density at radius 2 is 1.30 bits per heavy atom. The zero-order valence-electron chi connectivity index (χ0n) is 23.3. The molecule has 2 heterocycles. The first-order valence-corrected chi connectivity index (χ1v) is 14.0. The van der Waals surface area contributed by atoms with Crippen LogP contribution in [0.15, 0.2) is 120 Å². The van der Waals surface area contributed by atoms with Crippen LogP contribution < -0.4 is 15.4 Å². The molecule has 0 spiro atoms. The summed E-state index contributed by atoms with van der Waals surface area (Å²) in [6.07, 6.45) is 2.25. The van der Waals surface area contributed by atoms with Crippen molar-refractivity contribution in [1.82, 2.24) is 9.97 Å². The number of halogens is 1. The smallest absolute Gasteiger partial charge is 0.240 e. The van der Waals surface area contributed by atoms with Gasteiger partial charge in [0.05, 0.1) is 0 Å². The number of carbonyl (C=O) groups excluding carboxylic acids is 2. The van der Waals surface area contributed by atoms with Gasteiger partial charge in [0.15, 0.2) is 0 Å². The van der Waals surface area contributed by atoms with E-state index in [9.17, 15) is 14.0 Å². The lowest BCUT2D eigenvalue weighted by Crippen LogP contribution is -2.35. The number of hydrogen-bond acceptors (Lipinski definition) is 6. The minimum atomic E-state index is -1.16. The lowest BCUT2D eigenvalue weighted by molar-refractivity contribution is -0.131. The zero-order valence-corrected chi connectivity index (χ0v) is 23.3. The second-order valence-corrected chi connectivity index (χ2v) is 10.5. The van der Waals surface area contributed by atoms with E-state index in [1.165, 1.54) is 30.6 Å². The van der Waals surface area contributed by atoms with Gasteiger partial charge in [0.2, 0.25) is 23.4 Å². The topological polar surface area (TPSA) is 106 Å². The molecule has 7 rings (SSSR count). The van der Waals surface area contributed by atoms with E-state index in [1.807, 2.05) is 60.7 Å². The minimum absolute atomic E-state index is 0.325. The van der Waals surface area contributed by atoms with Crippen molar-refractivity contribution in [2.75, 3.05) is 10.6 Å². The average molecular weight is 585 g/mol. The predicted octanol–water partition coefficient (Wildman–Crippen LogP) is 7.85. The van der Waals surface area contributed by atoms with Crippen molar-refractivity contribution >= 4 is 34.3 Å². The molecule has 2 amide bonds. The molecule has 9 heteroatoms. The third-order valence-electron chi connectivity index (χ3n) is 7.60. The molecule has 0 atom stereocenters. The van der Waals surface area contributed by atoms with Crippen LogP contribution in [-0.4, -0.2) is 21.8 Å². The molecule has 0 aliphatic heterocycles. The summed E-state index contributed by atoms with van der Waals surface area (Å²) >= 11 is 0. The molecule has 216 valence electrons. The van der Waals surface area contributed by atoms with Crippen LogP contribution in [0.3, 0.4) is 0 Å². The summed E-state index contributed by atoms with van der Waals surface area (Å²) in [5.74, 6) is 0.247. The zero-order chi connectivity index (χ0) is 30.1. The standard InChI is InChI=1S/C35H25FN4O4/c36-24-11-13-25(14-12-24)39-33(41)35(19-20-35)34(42)40-26-15-17-27(18-16-26)43-31-29-28(22-7-3-1-4-8-22)30(23-9-5-2-6-10-23)44-32(29)38-21-37-31/h1-18,21H,19-20H2,(H,39,41)(H,40,42). The summed E-state index contributed by atoms with van der Waals surface area (Å²) in [6, 6.07) is 31.9. The largest absolute Gasteiger partial charge is 0.438 e. The molecule has 1 saturated carbocycles. The molecule has 1 aliphatic carbocycles. The number of amides is 2. The van der Waals surface area contributed by atoms with Gasteiger partial charge in [-0.3, -0.25) is 9.59 Å². The van der Waals surface area contributed by atoms with Crippen LogP contribution in [0.4, 0.5) is 15.8 Å². The number of nitrogens with zero attached hydrogens (tertiary/aromatic N) is 2. The fourth-order valence-corrected chi connectivity index (χ4v) is 5.09. The van der Waals surface area contributed by atoms with Gasteiger partial charge in [-0.05, 0) is 66.9 Å². The van der Waals surface area contributed by atoms with E-state index < -0.39 is 23.0 Å². The van der Waals surface area contributed by atoms with Crippen LogP contribution in [0.1, 0.15) is 12.8 Å². The molecule has 44 heavy (non-hydrogen) atoms. The number of rotatable bonds is 8. The van der Waals surface area contributed by atoms with Gasteiger partial charge in [-0.25, -0.2) is 14.4 Å². The molecule has 0 saturated heterocycles. The molecule has 6 aromatic rings. The fourth-order valence-electron chi connectivity index (χ4n) is 5.09. The first-order chi connectivity index (χ1) is 21.5. The first-order valence-electron chi connectivity index (χ1n) is 14.0. The summed E-state index contributed by atoms with van der Waals surface area (Å²) in [5, 5.41) is 6.19. The molecule has 1 aliphatic rings. The van der Waals surface area contributed by atoms with Crippen LogP contribution >= 0.6 is 0 Å². The van der Waals surface area contributed by atoms with Gasteiger partial charge in [-0.1, -0.05) is 60.7 Å². The van der Waals surface area contributed by atoms with Crippen molar-refractivity contribution < 1.29 is 23.1 Å². The van der Waals surface area contributed by atoms with Gasteiger partial charge in [-0.2, -0.15) is 0 Å². The number of fused-ring (bicyclic) bond motifs is 1. The monoisotopic (exact) mass is 584 g/mol. The quantitative estimate of drug-likeness (QED) is 0.177. The average Bonchev–Trinajstić information content (AvgIpc) is 3.78. The molecule has 0 unspecified atom stereocenters. The van der Waals surface area contributed by atoms with Gasteiger partial charge in [0, 0.05) is 22.5 Å². The summed E-state index contributed by atoms with van der Waals surface area (Å²) in [6.45, 7) is 0. The van der Waals surface area contributed by atoms with Crippen molar-refractivity contribution in [1.29, 1.82) is 0 Å². The molecule has 2 aromatic heterocycles. The summed E-state index contributed by atoms with van der Waals surface area (Å²) in [7, 11) is 0. The Balaban J connectivity index is 1.12. The van der Waals surface area contributed by atoms with Crippen molar-refractivity contribution in [2.24, 2.45) is 5.41 Å². The van der Waals surface area contributed by atoms with E-state index in [1.54, 1.807) is 24.3 Å². The third kappa shape index (κ3) is 5.15. The molecule has 0 bridgehead atoms. The van der Waals surface area contributed by atoms with Gasteiger partial charge >= 0.3 is 0 Å². The molecular formula is C35H25FN4O4. The maximum absolute atomic E-state index is 13.2. The van der Waals surface area contributed by atoms with Gasteiger partial charge in [0.25, 0.3) is 0 Å². The van der Waals surface area contributed by atoms with E-state index in [-0.39, 0.29) is 0 Å². The summed E-state index contributed by atoms with van der Waals surface area (Å²) in [4.78, 5) is 34.8. The molecule has 8 nitrogen and oxygen atoms in total. The Kier molecular flexibility index (Phi) is 6.82. The van der Waals surface area contributed by atoms with Gasteiger partial charge in [0.1, 0.15) is 34.5 Å². The van der Waals surface area contributed by atoms with Gasteiger partial charge < -0.3 is 19.8 Å². The van der Waals surface area contributed by atoms with E-state index >= 15 is 0 Å². The van der Waals surface area contributed by atoms with Crippen molar-refractivity contribution in [3.8, 4) is 34.1 Å². The number of ether oxygens (including phenoxy) is 1. The molecule has 0 radical (unpaired) electrons. The first kappa shape index (κ1) is 27.0.